The minimum atomic E-state index is 0.556. The molecule has 0 atom stereocenters. The molecule has 0 radical (unpaired) electrons. The maximum atomic E-state index is 6.89. The fraction of sp³-hybridized carbons (Fsp3) is 0. The highest BCUT2D eigenvalue weighted by atomic mass is 32.1. The lowest BCUT2D eigenvalue weighted by Crippen LogP contribution is -2.00. The van der Waals surface area contributed by atoms with E-state index in [4.69, 9.17) is 24.4 Å². The molecule has 56 heavy (non-hydrogen) atoms. The molecular weight excluding hydrogens is 705 g/mol. The Bertz CT molecular complexity index is 3550. The molecule has 260 valence electrons. The van der Waals surface area contributed by atoms with Gasteiger partial charge in [-0.15, -0.1) is 11.3 Å². The summed E-state index contributed by atoms with van der Waals surface area (Å²) in [6.45, 7) is 0. The molecule has 5 nitrogen and oxygen atoms in total. The minimum Gasteiger partial charge on any atom is -0.455 e. The molecule has 12 aromatic rings. The van der Waals surface area contributed by atoms with E-state index >= 15 is 0 Å². The fourth-order valence-electron chi connectivity index (χ4n) is 8.36. The molecule has 6 heteroatoms. The molecule has 0 saturated heterocycles. The standard InChI is InChI=1S/C50H28N4OS/c1-2-13-30(14-3-1)46-35-26-27-40-45(44(35)33-16-6-8-21-39(33)51-46)36-18-10-20-38(47(36)55-40)50-53-48(32-25-24-29-12-4-5-15-31(29)28-32)52-49(54-50)37-19-11-23-42-43(37)34-17-7-9-22-41(34)56-42/h1-28H. The van der Waals surface area contributed by atoms with Crippen molar-refractivity contribution in [2.24, 2.45) is 0 Å². The monoisotopic (exact) mass is 732 g/mol. The van der Waals surface area contributed by atoms with E-state index < -0.39 is 0 Å². The van der Waals surface area contributed by atoms with Crippen LogP contribution < -0.4 is 0 Å². The number of hydrogen-bond donors (Lipinski definition) is 0. The van der Waals surface area contributed by atoms with Crippen LogP contribution in [0.1, 0.15) is 0 Å². The Balaban J connectivity index is 1.15. The van der Waals surface area contributed by atoms with Crippen molar-refractivity contribution in [2.75, 3.05) is 0 Å². The van der Waals surface area contributed by atoms with Gasteiger partial charge in [-0.3, -0.25) is 0 Å². The Kier molecular flexibility index (Phi) is 6.73. The van der Waals surface area contributed by atoms with E-state index in [1.54, 1.807) is 11.3 Å². The molecule has 0 unspecified atom stereocenters. The molecule has 4 aromatic heterocycles. The maximum absolute atomic E-state index is 6.89. The first-order valence-electron chi connectivity index (χ1n) is 18.6. The third kappa shape index (κ3) is 4.73. The molecule has 4 heterocycles. The van der Waals surface area contributed by atoms with Crippen LogP contribution in [0.15, 0.2) is 174 Å². The van der Waals surface area contributed by atoms with Gasteiger partial charge in [-0.05, 0) is 53.2 Å². The average molecular weight is 733 g/mol. The number of fused-ring (bicyclic) bond motifs is 11. The van der Waals surface area contributed by atoms with Gasteiger partial charge in [0.25, 0.3) is 0 Å². The molecule has 0 amide bonds. The van der Waals surface area contributed by atoms with Crippen LogP contribution >= 0.6 is 11.3 Å². The minimum absolute atomic E-state index is 0.556. The molecule has 0 aliphatic heterocycles. The number of thiophene rings is 1. The maximum Gasteiger partial charge on any atom is 0.167 e. The molecule has 0 aliphatic rings. The number of nitrogens with zero attached hydrogens (tertiary/aromatic N) is 4. The molecule has 0 N–H and O–H groups in total. The van der Waals surface area contributed by atoms with Gasteiger partial charge in [-0.1, -0.05) is 127 Å². The van der Waals surface area contributed by atoms with Crippen molar-refractivity contribution in [2.45, 2.75) is 0 Å². The second-order valence-corrected chi connectivity index (χ2v) is 15.2. The van der Waals surface area contributed by atoms with Gasteiger partial charge >= 0.3 is 0 Å². The first kappa shape index (κ1) is 31.1. The van der Waals surface area contributed by atoms with Crippen LogP contribution in [0.3, 0.4) is 0 Å². The van der Waals surface area contributed by atoms with E-state index in [0.717, 1.165) is 87.7 Å². The smallest absolute Gasteiger partial charge is 0.167 e. The predicted molar refractivity (Wildman–Crippen MR) is 232 cm³/mol. The van der Waals surface area contributed by atoms with E-state index in [0.29, 0.717) is 17.5 Å². The van der Waals surface area contributed by atoms with E-state index in [1.165, 1.54) is 14.8 Å². The van der Waals surface area contributed by atoms with Crippen LogP contribution in [0, 0.1) is 0 Å². The summed E-state index contributed by atoms with van der Waals surface area (Å²) >= 11 is 1.79. The molecular formula is C50H28N4OS. The van der Waals surface area contributed by atoms with Crippen molar-refractivity contribution >= 4 is 85.9 Å². The number of pyridine rings is 1. The molecule has 12 rings (SSSR count). The molecule has 0 saturated carbocycles. The van der Waals surface area contributed by atoms with Crippen LogP contribution in [-0.2, 0) is 0 Å². The van der Waals surface area contributed by atoms with E-state index in [9.17, 15) is 0 Å². The Hall–Kier alpha value is -7.28. The zero-order chi connectivity index (χ0) is 36.7. The molecule has 0 spiro atoms. The Labute approximate surface area is 324 Å². The first-order chi connectivity index (χ1) is 27.7. The summed E-state index contributed by atoms with van der Waals surface area (Å²) in [5, 5.41) is 9.96. The lowest BCUT2D eigenvalue weighted by atomic mass is 9.96. The number of para-hydroxylation sites is 2. The van der Waals surface area contributed by atoms with Crippen LogP contribution in [0.25, 0.3) is 120 Å². The summed E-state index contributed by atoms with van der Waals surface area (Å²) in [6.07, 6.45) is 0. The van der Waals surface area contributed by atoms with Gasteiger partial charge in [-0.25, -0.2) is 19.9 Å². The fourth-order valence-corrected chi connectivity index (χ4v) is 9.49. The summed E-state index contributed by atoms with van der Waals surface area (Å²) in [4.78, 5) is 20.9. The second kappa shape index (κ2) is 12.1. The molecule has 0 fully saturated rings. The summed E-state index contributed by atoms with van der Waals surface area (Å²) in [7, 11) is 0. The van der Waals surface area contributed by atoms with Crippen molar-refractivity contribution in [1.82, 2.24) is 19.9 Å². The Morgan fingerprint density at radius 2 is 1.09 bits per heavy atom. The van der Waals surface area contributed by atoms with Gasteiger partial charge in [0.1, 0.15) is 11.2 Å². The molecule has 0 aliphatic carbocycles. The zero-order valence-electron chi connectivity index (χ0n) is 29.8. The van der Waals surface area contributed by atoms with E-state index in [2.05, 4.69) is 158 Å². The van der Waals surface area contributed by atoms with E-state index in [-0.39, 0.29) is 0 Å². The van der Waals surface area contributed by atoms with Crippen molar-refractivity contribution < 1.29 is 4.42 Å². The summed E-state index contributed by atoms with van der Waals surface area (Å²) in [6, 6.07) is 59.0. The second-order valence-electron chi connectivity index (χ2n) is 14.1. The molecule has 0 bridgehead atoms. The van der Waals surface area contributed by atoms with Crippen molar-refractivity contribution in [3.63, 3.8) is 0 Å². The highest BCUT2D eigenvalue weighted by molar-refractivity contribution is 7.25. The third-order valence-electron chi connectivity index (χ3n) is 10.9. The number of aromatic nitrogens is 4. The SMILES string of the molecule is c1ccc(-c2nc3ccccc3c3c2ccc2oc4c(-c5nc(-c6ccc7ccccc7c6)nc(-c6cccc7sc8ccccc8c67)n5)cccc4c23)cc1. The van der Waals surface area contributed by atoms with Crippen LogP contribution in [0.2, 0.25) is 0 Å². The van der Waals surface area contributed by atoms with Gasteiger partial charge in [-0.2, -0.15) is 0 Å². The first-order valence-corrected chi connectivity index (χ1v) is 19.5. The Morgan fingerprint density at radius 3 is 2.00 bits per heavy atom. The lowest BCUT2D eigenvalue weighted by molar-refractivity contribution is 0.670. The van der Waals surface area contributed by atoms with Gasteiger partial charge in [0.15, 0.2) is 17.5 Å². The van der Waals surface area contributed by atoms with Gasteiger partial charge in [0, 0.05) is 63.8 Å². The highest BCUT2D eigenvalue weighted by Gasteiger charge is 2.22. The van der Waals surface area contributed by atoms with Gasteiger partial charge < -0.3 is 4.42 Å². The molecule has 8 aromatic carbocycles. The van der Waals surface area contributed by atoms with E-state index in [1.807, 2.05) is 12.1 Å². The van der Waals surface area contributed by atoms with Crippen LogP contribution in [-0.4, -0.2) is 19.9 Å². The zero-order valence-corrected chi connectivity index (χ0v) is 30.6. The normalized spacial score (nSPS) is 11.9. The van der Waals surface area contributed by atoms with Gasteiger partial charge in [0.2, 0.25) is 0 Å². The predicted octanol–water partition coefficient (Wildman–Crippen LogP) is 13.7. The topological polar surface area (TPSA) is 64.7 Å². The quantitative estimate of drug-likeness (QED) is 0.169. The van der Waals surface area contributed by atoms with Crippen LogP contribution in [0.5, 0.6) is 0 Å². The lowest BCUT2D eigenvalue weighted by Gasteiger charge is -2.11. The van der Waals surface area contributed by atoms with Gasteiger partial charge in [0.05, 0.1) is 16.8 Å². The largest absolute Gasteiger partial charge is 0.455 e. The van der Waals surface area contributed by atoms with Crippen molar-refractivity contribution in [1.29, 1.82) is 0 Å². The summed E-state index contributed by atoms with van der Waals surface area (Å²) in [5.41, 5.74) is 7.20. The summed E-state index contributed by atoms with van der Waals surface area (Å²) in [5.74, 6) is 1.78. The van der Waals surface area contributed by atoms with Crippen molar-refractivity contribution in [3.05, 3.63) is 170 Å². The average Bonchev–Trinajstić information content (AvgIpc) is 3.85. The number of rotatable bonds is 4. The van der Waals surface area contributed by atoms with Crippen molar-refractivity contribution in [3.8, 4) is 45.4 Å². The highest BCUT2D eigenvalue weighted by Crippen LogP contribution is 2.44. The summed E-state index contributed by atoms with van der Waals surface area (Å²) < 4.78 is 9.31. The number of benzene rings is 8. The van der Waals surface area contributed by atoms with Crippen LogP contribution in [0.4, 0.5) is 0 Å². The Morgan fingerprint density at radius 1 is 0.393 bits per heavy atom. The third-order valence-corrected chi connectivity index (χ3v) is 12.0. The number of furan rings is 1. The number of hydrogen-bond acceptors (Lipinski definition) is 6.